The van der Waals surface area contributed by atoms with Crippen molar-refractivity contribution in [3.63, 3.8) is 0 Å². The van der Waals surface area contributed by atoms with Crippen LogP contribution in [-0.4, -0.2) is 46.4 Å². The second-order valence-electron chi connectivity index (χ2n) is 8.12. The van der Waals surface area contributed by atoms with Crippen LogP contribution in [0.25, 0.3) is 0 Å². The zero-order valence-corrected chi connectivity index (χ0v) is 18.8. The zero-order valence-electron chi connectivity index (χ0n) is 17.1. The molecule has 1 unspecified atom stereocenters. The average Bonchev–Trinajstić information content (AvgIpc) is 3.28. The van der Waals surface area contributed by atoms with Gasteiger partial charge in [-0.1, -0.05) is 0 Å². The van der Waals surface area contributed by atoms with E-state index in [2.05, 4.69) is 4.99 Å². The first-order valence-electron chi connectivity index (χ1n) is 9.51. The molecule has 2 aromatic heterocycles. The smallest absolute Gasteiger partial charge is 0.410 e. The van der Waals surface area contributed by atoms with Crippen molar-refractivity contribution < 1.29 is 14.6 Å². The minimum absolute atomic E-state index is 0.245. The van der Waals surface area contributed by atoms with Gasteiger partial charge in [0.25, 0.3) is 0 Å². The molecule has 0 radical (unpaired) electrons. The fourth-order valence-corrected chi connectivity index (χ4v) is 5.49. The summed E-state index contributed by atoms with van der Waals surface area (Å²) in [6.07, 6.45) is 0.797. The van der Waals surface area contributed by atoms with Crippen LogP contribution in [0.3, 0.4) is 0 Å². The normalized spacial score (nSPS) is 17.8. The average molecular weight is 424 g/mol. The van der Waals surface area contributed by atoms with Crippen LogP contribution in [0.5, 0.6) is 0 Å². The Morgan fingerprint density at radius 3 is 2.57 bits per heavy atom. The van der Waals surface area contributed by atoms with Crippen molar-refractivity contribution in [2.75, 3.05) is 20.1 Å². The fraction of sp³-hybridized carbons (Fsp3) is 0.600. The number of hydrogen-bond acceptors (Lipinski definition) is 6. The Labute approximate surface area is 174 Å². The van der Waals surface area contributed by atoms with Gasteiger partial charge in [-0.2, -0.15) is 11.3 Å². The van der Waals surface area contributed by atoms with Crippen LogP contribution in [0, 0.1) is 0 Å². The summed E-state index contributed by atoms with van der Waals surface area (Å²) in [5.74, 6) is 0.300. The quantitative estimate of drug-likeness (QED) is 0.815. The summed E-state index contributed by atoms with van der Waals surface area (Å²) in [4.78, 5) is 20.6. The number of thiophene rings is 1. The number of rotatable bonds is 3. The standard InChI is InChI=1S/C20H29N3O3S2/c1-20(2,3)26-19(25)23-9-6-13(7-10-23)17-15(22(5)18(21-4)28-17)16(24)14-8-11-27-12-14/h8,11-13,16,24H,6-7,9-10H2,1-5H3. The summed E-state index contributed by atoms with van der Waals surface area (Å²) in [6.45, 7) is 6.98. The minimum Gasteiger partial charge on any atom is -0.444 e. The largest absolute Gasteiger partial charge is 0.444 e. The van der Waals surface area contributed by atoms with E-state index in [0.717, 1.165) is 28.9 Å². The van der Waals surface area contributed by atoms with Gasteiger partial charge in [0, 0.05) is 32.1 Å². The highest BCUT2D eigenvalue weighted by molar-refractivity contribution is 7.09. The Morgan fingerprint density at radius 1 is 1.36 bits per heavy atom. The molecule has 1 N–H and O–H groups in total. The molecule has 3 rings (SSSR count). The molecule has 0 saturated carbocycles. The maximum Gasteiger partial charge on any atom is 0.410 e. The van der Waals surface area contributed by atoms with Gasteiger partial charge in [0.1, 0.15) is 11.7 Å². The lowest BCUT2D eigenvalue weighted by Gasteiger charge is -2.33. The van der Waals surface area contributed by atoms with Crippen molar-refractivity contribution in [1.82, 2.24) is 9.47 Å². The van der Waals surface area contributed by atoms with Crippen molar-refractivity contribution in [1.29, 1.82) is 0 Å². The van der Waals surface area contributed by atoms with Gasteiger partial charge >= 0.3 is 6.09 Å². The summed E-state index contributed by atoms with van der Waals surface area (Å²) in [6, 6.07) is 1.96. The van der Waals surface area contributed by atoms with Gasteiger partial charge in [0.15, 0.2) is 4.80 Å². The van der Waals surface area contributed by atoms with Crippen molar-refractivity contribution in [2.24, 2.45) is 12.0 Å². The summed E-state index contributed by atoms with van der Waals surface area (Å²) in [5.41, 5.74) is 1.35. The van der Waals surface area contributed by atoms with E-state index < -0.39 is 11.7 Å². The number of thiazole rings is 1. The Hall–Kier alpha value is -1.64. The molecule has 1 saturated heterocycles. The Bertz CT molecular complexity index is 870. The third-order valence-corrected chi connectivity index (χ3v) is 7.03. The molecule has 0 bridgehead atoms. The highest BCUT2D eigenvalue weighted by atomic mass is 32.1. The molecule has 1 aliphatic rings. The number of aliphatic hydroxyl groups is 1. The number of likely N-dealkylation sites (tertiary alicyclic amines) is 1. The van der Waals surface area contributed by atoms with Crippen LogP contribution < -0.4 is 4.80 Å². The highest BCUT2D eigenvalue weighted by Gasteiger charge is 2.31. The van der Waals surface area contributed by atoms with Crippen molar-refractivity contribution >= 4 is 28.8 Å². The van der Waals surface area contributed by atoms with E-state index in [1.54, 1.807) is 34.6 Å². The van der Waals surface area contributed by atoms with Crippen LogP contribution in [-0.2, 0) is 11.8 Å². The van der Waals surface area contributed by atoms with Crippen LogP contribution in [0.4, 0.5) is 4.79 Å². The van der Waals surface area contributed by atoms with Gasteiger partial charge in [0.2, 0.25) is 0 Å². The molecule has 0 spiro atoms. The lowest BCUT2D eigenvalue weighted by atomic mass is 9.92. The number of aromatic nitrogens is 1. The third kappa shape index (κ3) is 4.50. The first kappa shape index (κ1) is 21.1. The number of piperidine rings is 1. The van der Waals surface area contributed by atoms with E-state index in [-0.39, 0.29) is 6.09 Å². The predicted molar refractivity (Wildman–Crippen MR) is 113 cm³/mol. The maximum absolute atomic E-state index is 12.3. The zero-order chi connectivity index (χ0) is 20.5. The molecule has 28 heavy (non-hydrogen) atoms. The molecule has 1 atom stereocenters. The Morgan fingerprint density at radius 2 is 2.04 bits per heavy atom. The lowest BCUT2D eigenvalue weighted by Crippen LogP contribution is -2.41. The predicted octanol–water partition coefficient (Wildman–Crippen LogP) is 3.87. The minimum atomic E-state index is -0.665. The molecule has 3 heterocycles. The maximum atomic E-state index is 12.3. The van der Waals surface area contributed by atoms with Gasteiger partial charge in [0.05, 0.1) is 5.69 Å². The summed E-state index contributed by atoms with van der Waals surface area (Å²) in [5, 5.41) is 15.0. The topological polar surface area (TPSA) is 67.1 Å². The summed E-state index contributed by atoms with van der Waals surface area (Å²) < 4.78 is 7.50. The molecule has 1 amide bonds. The van der Waals surface area contributed by atoms with Crippen LogP contribution >= 0.6 is 22.7 Å². The number of amides is 1. The van der Waals surface area contributed by atoms with Gasteiger partial charge < -0.3 is 19.3 Å². The molecule has 0 aliphatic carbocycles. The summed E-state index contributed by atoms with van der Waals surface area (Å²) >= 11 is 3.23. The number of aliphatic hydroxyl groups excluding tert-OH is 1. The number of carbonyl (C=O) groups excluding carboxylic acids is 1. The van der Waals surface area contributed by atoms with E-state index >= 15 is 0 Å². The van der Waals surface area contributed by atoms with E-state index in [1.807, 2.05) is 49.2 Å². The highest BCUT2D eigenvalue weighted by Crippen LogP contribution is 2.37. The molecule has 0 aromatic carbocycles. The molecule has 154 valence electrons. The SMILES string of the molecule is CN=c1sc(C2CCN(C(=O)OC(C)(C)C)CC2)c(C(O)c2ccsc2)n1C. The van der Waals surface area contributed by atoms with Crippen LogP contribution in [0.1, 0.15) is 61.8 Å². The Kier molecular flexibility index (Phi) is 6.31. The third-order valence-electron chi connectivity index (χ3n) is 4.93. The van der Waals surface area contributed by atoms with E-state index in [0.29, 0.717) is 19.0 Å². The molecule has 6 nitrogen and oxygen atoms in total. The molecule has 8 heteroatoms. The van der Waals surface area contributed by atoms with Gasteiger partial charge in [-0.15, -0.1) is 11.3 Å². The van der Waals surface area contributed by atoms with E-state index in [4.69, 9.17) is 4.74 Å². The first-order chi connectivity index (χ1) is 13.2. The summed E-state index contributed by atoms with van der Waals surface area (Å²) in [7, 11) is 3.74. The van der Waals surface area contributed by atoms with Crippen molar-refractivity contribution in [3.8, 4) is 0 Å². The number of nitrogens with zero attached hydrogens (tertiary/aromatic N) is 3. The van der Waals surface area contributed by atoms with Gasteiger partial charge in [-0.3, -0.25) is 4.99 Å². The molecule has 1 aliphatic heterocycles. The van der Waals surface area contributed by atoms with Gasteiger partial charge in [-0.25, -0.2) is 4.79 Å². The molecule has 2 aromatic rings. The second-order valence-corrected chi connectivity index (χ2v) is 9.91. The van der Waals surface area contributed by atoms with Crippen molar-refractivity contribution in [3.05, 3.63) is 37.8 Å². The lowest BCUT2D eigenvalue weighted by molar-refractivity contribution is 0.0205. The Balaban J connectivity index is 1.81. The van der Waals surface area contributed by atoms with Crippen molar-refractivity contribution in [2.45, 2.75) is 51.2 Å². The van der Waals surface area contributed by atoms with Crippen LogP contribution in [0.15, 0.2) is 21.8 Å². The number of carbonyl (C=O) groups is 1. The van der Waals surface area contributed by atoms with E-state index in [1.165, 1.54) is 4.88 Å². The second kappa shape index (κ2) is 8.39. The number of ether oxygens (including phenoxy) is 1. The fourth-order valence-electron chi connectivity index (χ4n) is 3.53. The van der Waals surface area contributed by atoms with Crippen LogP contribution in [0.2, 0.25) is 0 Å². The monoisotopic (exact) mass is 423 g/mol. The first-order valence-corrected chi connectivity index (χ1v) is 11.3. The molecule has 1 fully saturated rings. The number of hydrogen-bond donors (Lipinski definition) is 1. The molecular formula is C20H29N3O3S2. The van der Waals surface area contributed by atoms with E-state index in [9.17, 15) is 9.90 Å². The van der Waals surface area contributed by atoms with Gasteiger partial charge in [-0.05, 0) is 61.9 Å². The molecular weight excluding hydrogens is 394 g/mol.